The largest absolute Gasteiger partial charge is 0.299 e. The predicted octanol–water partition coefficient (Wildman–Crippen LogP) is 2.93. The molecule has 0 spiro atoms. The summed E-state index contributed by atoms with van der Waals surface area (Å²) in [7, 11) is -3.43. The number of nitrogens with zero attached hydrogens (tertiary/aromatic N) is 1. The molecular formula is C17H23NO3S2. The Bertz CT molecular complexity index is 725. The van der Waals surface area contributed by atoms with Gasteiger partial charge in [-0.1, -0.05) is 0 Å². The quantitative estimate of drug-likeness (QED) is 0.818. The summed E-state index contributed by atoms with van der Waals surface area (Å²) in [6, 6.07) is 0. The van der Waals surface area contributed by atoms with Gasteiger partial charge in [-0.15, -0.1) is 11.3 Å². The fourth-order valence-electron chi connectivity index (χ4n) is 3.78. The van der Waals surface area contributed by atoms with Crippen LogP contribution in [0.2, 0.25) is 0 Å². The van der Waals surface area contributed by atoms with Gasteiger partial charge in [-0.3, -0.25) is 4.79 Å². The fourth-order valence-corrected chi connectivity index (χ4v) is 7.48. The van der Waals surface area contributed by atoms with Gasteiger partial charge >= 0.3 is 0 Å². The lowest BCUT2D eigenvalue weighted by molar-refractivity contribution is -0.119. The minimum Gasteiger partial charge on any atom is -0.299 e. The van der Waals surface area contributed by atoms with Crippen LogP contribution in [0.25, 0.3) is 0 Å². The average Bonchev–Trinajstić information content (AvgIpc) is 3.09. The zero-order valence-corrected chi connectivity index (χ0v) is 15.0. The van der Waals surface area contributed by atoms with Crippen LogP contribution in [-0.4, -0.2) is 31.6 Å². The standard InChI is InChI=1S/C17H23NO3S2/c19-14(12-7-8-12)11-16-17(13-5-1-2-6-15(13)22-16)23(20,21)18-9-3-4-10-18/h12H,1-11H2. The molecule has 1 saturated carbocycles. The second kappa shape index (κ2) is 5.97. The second-order valence-electron chi connectivity index (χ2n) is 6.99. The number of aryl methyl sites for hydroxylation is 1. The smallest absolute Gasteiger partial charge is 0.244 e. The van der Waals surface area contributed by atoms with E-state index in [2.05, 4.69) is 0 Å². The topological polar surface area (TPSA) is 54.5 Å². The number of thiophene rings is 1. The van der Waals surface area contributed by atoms with Crippen LogP contribution < -0.4 is 0 Å². The summed E-state index contributed by atoms with van der Waals surface area (Å²) in [5, 5.41) is 0. The van der Waals surface area contributed by atoms with Crippen LogP contribution in [0.1, 0.15) is 53.8 Å². The van der Waals surface area contributed by atoms with Crippen LogP contribution in [0.15, 0.2) is 4.90 Å². The number of fused-ring (bicyclic) bond motifs is 1. The van der Waals surface area contributed by atoms with Crippen molar-refractivity contribution in [3.05, 3.63) is 15.3 Å². The molecule has 23 heavy (non-hydrogen) atoms. The van der Waals surface area contributed by atoms with Crippen molar-refractivity contribution in [3.63, 3.8) is 0 Å². The molecule has 0 amide bonds. The Morgan fingerprint density at radius 1 is 1.09 bits per heavy atom. The lowest BCUT2D eigenvalue weighted by Crippen LogP contribution is -2.29. The van der Waals surface area contributed by atoms with Gasteiger partial charge in [0, 0.05) is 35.2 Å². The number of carbonyl (C=O) groups is 1. The van der Waals surface area contributed by atoms with Crippen LogP contribution in [0.4, 0.5) is 0 Å². The van der Waals surface area contributed by atoms with Crippen molar-refractivity contribution in [1.82, 2.24) is 4.31 Å². The van der Waals surface area contributed by atoms with E-state index in [9.17, 15) is 13.2 Å². The summed E-state index contributed by atoms with van der Waals surface area (Å²) in [5.41, 5.74) is 1.03. The molecule has 2 heterocycles. The van der Waals surface area contributed by atoms with Gasteiger partial charge in [0.05, 0.1) is 0 Å². The van der Waals surface area contributed by atoms with Crippen molar-refractivity contribution in [2.24, 2.45) is 5.92 Å². The van der Waals surface area contributed by atoms with Crippen molar-refractivity contribution in [3.8, 4) is 0 Å². The lowest BCUT2D eigenvalue weighted by Gasteiger charge is -2.19. The van der Waals surface area contributed by atoms with Gasteiger partial charge in [0.25, 0.3) is 0 Å². The van der Waals surface area contributed by atoms with E-state index in [1.807, 2.05) is 0 Å². The number of sulfonamides is 1. The number of rotatable bonds is 5. The molecule has 126 valence electrons. The lowest BCUT2D eigenvalue weighted by atomic mass is 9.98. The molecule has 2 aliphatic carbocycles. The number of hydrogen-bond acceptors (Lipinski definition) is 4. The first-order valence-electron chi connectivity index (χ1n) is 8.73. The van der Waals surface area contributed by atoms with Crippen molar-refractivity contribution in [1.29, 1.82) is 0 Å². The number of carbonyl (C=O) groups excluding carboxylic acids is 1. The summed E-state index contributed by atoms with van der Waals surface area (Å²) < 4.78 is 28.0. The van der Waals surface area contributed by atoms with E-state index >= 15 is 0 Å². The van der Waals surface area contributed by atoms with E-state index in [0.29, 0.717) is 24.4 Å². The summed E-state index contributed by atoms with van der Waals surface area (Å²) in [4.78, 5) is 14.8. The Kier molecular flexibility index (Phi) is 4.10. The van der Waals surface area contributed by atoms with Gasteiger partial charge in [-0.05, 0) is 56.9 Å². The van der Waals surface area contributed by atoms with Crippen LogP contribution in [0.5, 0.6) is 0 Å². The molecule has 0 unspecified atom stereocenters. The first kappa shape index (κ1) is 15.8. The van der Waals surface area contributed by atoms with Gasteiger partial charge in [0.1, 0.15) is 10.7 Å². The van der Waals surface area contributed by atoms with Gasteiger partial charge < -0.3 is 0 Å². The average molecular weight is 354 g/mol. The summed E-state index contributed by atoms with van der Waals surface area (Å²) >= 11 is 1.59. The Hall–Kier alpha value is -0.720. The molecule has 4 nitrogen and oxygen atoms in total. The minimum absolute atomic E-state index is 0.191. The first-order chi connectivity index (χ1) is 11.1. The van der Waals surface area contributed by atoms with Gasteiger partial charge in [0.2, 0.25) is 10.0 Å². The maximum atomic E-state index is 13.2. The van der Waals surface area contributed by atoms with E-state index in [1.165, 1.54) is 4.88 Å². The number of ketones is 1. The van der Waals surface area contributed by atoms with Crippen molar-refractivity contribution >= 4 is 27.1 Å². The molecule has 1 aromatic rings. The highest BCUT2D eigenvalue weighted by atomic mass is 32.2. The highest BCUT2D eigenvalue weighted by Crippen LogP contribution is 2.41. The molecule has 2 fully saturated rings. The Morgan fingerprint density at radius 2 is 1.78 bits per heavy atom. The Labute approximate surface area is 141 Å². The SMILES string of the molecule is O=C(Cc1sc2c(c1S(=O)(=O)N1CCCC1)CCCC2)C1CC1. The van der Waals surface area contributed by atoms with Gasteiger partial charge in [-0.2, -0.15) is 4.31 Å². The third-order valence-corrected chi connectivity index (χ3v) is 8.70. The summed E-state index contributed by atoms with van der Waals surface area (Å²) in [6.45, 7) is 1.26. The molecule has 0 N–H and O–H groups in total. The molecular weight excluding hydrogens is 330 g/mol. The van der Waals surface area contributed by atoms with E-state index in [4.69, 9.17) is 0 Å². The van der Waals surface area contributed by atoms with Crippen molar-refractivity contribution < 1.29 is 13.2 Å². The highest BCUT2D eigenvalue weighted by molar-refractivity contribution is 7.89. The molecule has 0 bridgehead atoms. The zero-order chi connectivity index (χ0) is 16.0. The molecule has 1 aromatic heterocycles. The Morgan fingerprint density at radius 3 is 2.48 bits per heavy atom. The molecule has 0 atom stereocenters. The van der Waals surface area contributed by atoms with E-state index in [1.54, 1.807) is 15.6 Å². The number of Topliss-reactive ketones (excluding diaryl/α,β-unsaturated/α-hetero) is 1. The van der Waals surface area contributed by atoms with Crippen LogP contribution in [0, 0.1) is 5.92 Å². The Balaban J connectivity index is 1.75. The molecule has 4 rings (SSSR count). The summed E-state index contributed by atoms with van der Waals surface area (Å²) in [6.07, 6.45) is 8.20. The molecule has 0 aromatic carbocycles. The fraction of sp³-hybridized carbons (Fsp3) is 0.706. The zero-order valence-electron chi connectivity index (χ0n) is 13.3. The monoisotopic (exact) mass is 353 g/mol. The van der Waals surface area contributed by atoms with E-state index < -0.39 is 10.0 Å². The second-order valence-corrected chi connectivity index (χ2v) is 10.1. The molecule has 1 saturated heterocycles. The van der Waals surface area contributed by atoms with Crippen molar-refractivity contribution in [2.75, 3.05) is 13.1 Å². The van der Waals surface area contributed by atoms with E-state index in [-0.39, 0.29) is 11.7 Å². The van der Waals surface area contributed by atoms with Crippen LogP contribution in [0.3, 0.4) is 0 Å². The normalized spacial score (nSPS) is 22.3. The predicted molar refractivity (Wildman–Crippen MR) is 90.4 cm³/mol. The maximum Gasteiger partial charge on any atom is 0.244 e. The maximum absolute atomic E-state index is 13.2. The summed E-state index contributed by atoms with van der Waals surface area (Å²) in [5.74, 6) is 0.429. The molecule has 0 radical (unpaired) electrons. The van der Waals surface area contributed by atoms with Crippen LogP contribution >= 0.6 is 11.3 Å². The van der Waals surface area contributed by atoms with E-state index in [0.717, 1.165) is 61.8 Å². The number of hydrogen-bond donors (Lipinski definition) is 0. The highest BCUT2D eigenvalue weighted by Gasteiger charge is 2.37. The first-order valence-corrected chi connectivity index (χ1v) is 11.0. The minimum atomic E-state index is -3.43. The van der Waals surface area contributed by atoms with Gasteiger partial charge in [-0.25, -0.2) is 8.42 Å². The molecule has 6 heteroatoms. The third kappa shape index (κ3) is 2.89. The molecule has 3 aliphatic rings. The van der Waals surface area contributed by atoms with Crippen LogP contribution in [-0.2, 0) is 34.1 Å². The third-order valence-electron chi connectivity index (χ3n) is 5.22. The molecule has 1 aliphatic heterocycles. The van der Waals surface area contributed by atoms with Crippen molar-refractivity contribution in [2.45, 2.75) is 62.7 Å². The van der Waals surface area contributed by atoms with Gasteiger partial charge in [0.15, 0.2) is 0 Å².